The van der Waals surface area contributed by atoms with Gasteiger partial charge in [0.15, 0.2) is 0 Å². The molecule has 2 bridgehead atoms. The minimum atomic E-state index is 0.766. The third kappa shape index (κ3) is 1.11. The Bertz CT molecular complexity index is 173. The van der Waals surface area contributed by atoms with Crippen LogP contribution in [0.4, 0.5) is 0 Å². The van der Waals surface area contributed by atoms with Crippen molar-refractivity contribution in [3.8, 4) is 0 Å². The van der Waals surface area contributed by atoms with E-state index >= 15 is 0 Å². The minimum Gasteiger partial charge on any atom is -0.0648 e. The third-order valence-corrected chi connectivity index (χ3v) is 4.62. The molecule has 2 aliphatic carbocycles. The first kappa shape index (κ1) is 8.59. The zero-order valence-corrected chi connectivity index (χ0v) is 8.77. The summed E-state index contributed by atoms with van der Waals surface area (Å²) in [7, 11) is 0. The van der Waals surface area contributed by atoms with E-state index in [9.17, 15) is 0 Å². The van der Waals surface area contributed by atoms with Gasteiger partial charge in [0.1, 0.15) is 0 Å². The molecule has 0 aromatic rings. The van der Waals surface area contributed by atoms with Crippen molar-refractivity contribution in [3.05, 3.63) is 0 Å². The number of hydrogen-bond acceptors (Lipinski definition) is 0. The van der Waals surface area contributed by atoms with Crippen LogP contribution in [0.15, 0.2) is 0 Å². The third-order valence-electron chi connectivity index (χ3n) is 4.62. The van der Waals surface area contributed by atoms with Crippen molar-refractivity contribution in [1.82, 2.24) is 0 Å². The normalized spacial score (nSPS) is 52.8. The fraction of sp³-hybridized carbons (Fsp3) is 1.00. The van der Waals surface area contributed by atoms with Crippen molar-refractivity contribution >= 4 is 0 Å². The van der Waals surface area contributed by atoms with Crippen LogP contribution in [0.5, 0.6) is 0 Å². The molecule has 2 fully saturated rings. The highest BCUT2D eigenvalue weighted by Gasteiger charge is 2.47. The van der Waals surface area contributed by atoms with Gasteiger partial charge >= 0.3 is 0 Å². The van der Waals surface area contributed by atoms with E-state index < -0.39 is 0 Å². The maximum absolute atomic E-state index is 2.49. The van der Waals surface area contributed by atoms with Crippen LogP contribution in [0.1, 0.15) is 52.9 Å². The Kier molecular flexibility index (Phi) is 1.97. The zero-order valence-electron chi connectivity index (χ0n) is 8.77. The minimum absolute atomic E-state index is 0.766. The van der Waals surface area contributed by atoms with E-state index in [2.05, 4.69) is 20.8 Å². The molecule has 0 heterocycles. The average Bonchev–Trinajstić information content (AvgIpc) is 2.24. The molecule has 0 nitrogen and oxygen atoms in total. The van der Waals surface area contributed by atoms with Crippen molar-refractivity contribution < 1.29 is 0 Å². The Morgan fingerprint density at radius 1 is 1.17 bits per heavy atom. The van der Waals surface area contributed by atoms with Crippen molar-refractivity contribution in [3.63, 3.8) is 0 Å². The topological polar surface area (TPSA) is 0 Å². The second kappa shape index (κ2) is 2.75. The average molecular weight is 166 g/mol. The van der Waals surface area contributed by atoms with Gasteiger partial charge < -0.3 is 0 Å². The second-order valence-corrected chi connectivity index (χ2v) is 5.47. The summed E-state index contributed by atoms with van der Waals surface area (Å²) in [5, 5.41) is 0. The summed E-state index contributed by atoms with van der Waals surface area (Å²) in [6.07, 6.45) is 7.54. The molecule has 0 spiro atoms. The van der Waals surface area contributed by atoms with Crippen LogP contribution in [0, 0.1) is 23.2 Å². The molecule has 12 heavy (non-hydrogen) atoms. The first-order valence-corrected chi connectivity index (χ1v) is 5.66. The van der Waals surface area contributed by atoms with E-state index in [4.69, 9.17) is 0 Å². The van der Waals surface area contributed by atoms with Gasteiger partial charge in [-0.1, -0.05) is 27.2 Å². The van der Waals surface area contributed by atoms with E-state index in [1.54, 1.807) is 6.42 Å². The van der Waals surface area contributed by atoms with Crippen molar-refractivity contribution in [2.45, 2.75) is 52.9 Å². The highest BCUT2D eigenvalue weighted by atomic mass is 14.5. The lowest BCUT2D eigenvalue weighted by Gasteiger charge is -2.38. The van der Waals surface area contributed by atoms with Gasteiger partial charge in [0.2, 0.25) is 0 Å². The summed E-state index contributed by atoms with van der Waals surface area (Å²) in [5.74, 6) is 3.11. The van der Waals surface area contributed by atoms with Crippen LogP contribution < -0.4 is 0 Å². The Morgan fingerprint density at radius 3 is 2.58 bits per heavy atom. The maximum atomic E-state index is 2.49. The monoisotopic (exact) mass is 166 g/mol. The van der Waals surface area contributed by atoms with E-state index in [1.807, 2.05) is 0 Å². The molecule has 0 aliphatic heterocycles. The number of rotatable bonds is 1. The van der Waals surface area contributed by atoms with Gasteiger partial charge in [-0.2, -0.15) is 0 Å². The molecule has 0 N–H and O–H groups in total. The zero-order chi connectivity index (χ0) is 8.77. The van der Waals surface area contributed by atoms with Crippen molar-refractivity contribution in [2.24, 2.45) is 23.2 Å². The Balaban J connectivity index is 2.19. The molecule has 2 aliphatic rings. The lowest BCUT2D eigenvalue weighted by atomic mass is 9.67. The lowest BCUT2D eigenvalue weighted by molar-refractivity contribution is 0.121. The smallest absolute Gasteiger partial charge is 0.0269 e. The molecular formula is C12H22. The molecule has 0 radical (unpaired) electrons. The SMILES string of the molecule is CCC12CC(C)CC(CC1C)C2. The Hall–Kier alpha value is 0. The van der Waals surface area contributed by atoms with Crippen molar-refractivity contribution in [2.75, 3.05) is 0 Å². The molecule has 2 rings (SSSR count). The van der Waals surface area contributed by atoms with Gasteiger partial charge in [0.05, 0.1) is 0 Å². The quantitative estimate of drug-likeness (QED) is 0.555. The number of fused-ring (bicyclic) bond motifs is 2. The Labute approximate surface area is 76.7 Å². The van der Waals surface area contributed by atoms with E-state index in [1.165, 1.54) is 25.7 Å². The van der Waals surface area contributed by atoms with Crippen molar-refractivity contribution in [1.29, 1.82) is 0 Å². The van der Waals surface area contributed by atoms with Crippen LogP contribution in [-0.2, 0) is 0 Å². The predicted molar refractivity (Wildman–Crippen MR) is 53.0 cm³/mol. The fourth-order valence-electron chi connectivity index (χ4n) is 4.06. The predicted octanol–water partition coefficient (Wildman–Crippen LogP) is 3.86. The first-order valence-electron chi connectivity index (χ1n) is 5.66. The summed E-state index contributed by atoms with van der Waals surface area (Å²) in [6, 6.07) is 0. The summed E-state index contributed by atoms with van der Waals surface area (Å²) < 4.78 is 0. The van der Waals surface area contributed by atoms with Gasteiger partial charge in [-0.15, -0.1) is 0 Å². The molecule has 2 saturated carbocycles. The molecule has 0 amide bonds. The van der Waals surface area contributed by atoms with Crippen LogP contribution in [-0.4, -0.2) is 0 Å². The van der Waals surface area contributed by atoms with Gasteiger partial charge in [0, 0.05) is 0 Å². The van der Waals surface area contributed by atoms with Crippen LogP contribution in [0.3, 0.4) is 0 Å². The Morgan fingerprint density at radius 2 is 1.92 bits per heavy atom. The summed E-state index contributed by atoms with van der Waals surface area (Å²) in [5.41, 5.74) is 0.766. The van der Waals surface area contributed by atoms with Gasteiger partial charge in [-0.3, -0.25) is 0 Å². The van der Waals surface area contributed by atoms with E-state index in [-0.39, 0.29) is 0 Å². The van der Waals surface area contributed by atoms with Gasteiger partial charge in [0.25, 0.3) is 0 Å². The molecular weight excluding hydrogens is 144 g/mol. The maximum Gasteiger partial charge on any atom is -0.0269 e. The highest BCUT2D eigenvalue weighted by molar-refractivity contribution is 4.98. The number of hydrogen-bond donors (Lipinski definition) is 0. The standard InChI is InChI=1S/C12H22/c1-4-12-7-9(2)5-11(8-12)6-10(12)3/h9-11H,4-8H2,1-3H3. The molecule has 4 unspecified atom stereocenters. The lowest BCUT2D eigenvalue weighted by Crippen LogP contribution is -2.28. The molecule has 4 atom stereocenters. The van der Waals surface area contributed by atoms with Crippen LogP contribution in [0.2, 0.25) is 0 Å². The summed E-state index contributed by atoms with van der Waals surface area (Å²) in [6.45, 7) is 7.34. The second-order valence-electron chi connectivity index (χ2n) is 5.47. The first-order chi connectivity index (χ1) is 5.66. The molecule has 70 valence electrons. The molecule has 0 saturated heterocycles. The molecule has 0 heteroatoms. The summed E-state index contributed by atoms with van der Waals surface area (Å²) in [4.78, 5) is 0. The van der Waals surface area contributed by atoms with Gasteiger partial charge in [-0.05, 0) is 48.9 Å². The van der Waals surface area contributed by atoms with Crippen LogP contribution in [0.25, 0.3) is 0 Å². The molecule has 0 aromatic heterocycles. The summed E-state index contributed by atoms with van der Waals surface area (Å²) >= 11 is 0. The van der Waals surface area contributed by atoms with Crippen LogP contribution >= 0.6 is 0 Å². The van der Waals surface area contributed by atoms with E-state index in [0.29, 0.717) is 0 Å². The molecule has 0 aromatic carbocycles. The van der Waals surface area contributed by atoms with Gasteiger partial charge in [-0.25, -0.2) is 0 Å². The largest absolute Gasteiger partial charge is 0.0648 e. The van der Waals surface area contributed by atoms with E-state index in [0.717, 1.165) is 23.2 Å². The highest BCUT2D eigenvalue weighted by Crippen LogP contribution is 2.58. The fourth-order valence-corrected chi connectivity index (χ4v) is 4.06.